The van der Waals surface area contributed by atoms with E-state index < -0.39 is 6.10 Å². The summed E-state index contributed by atoms with van der Waals surface area (Å²) in [7, 11) is 0. The molecule has 6 nitrogen and oxygen atoms in total. The number of anilines is 1. The van der Waals surface area contributed by atoms with Gasteiger partial charge in [-0.15, -0.1) is 0 Å². The molecule has 2 rings (SSSR count). The summed E-state index contributed by atoms with van der Waals surface area (Å²) < 4.78 is 1.62. The molecule has 1 atom stereocenters. The Labute approximate surface area is 124 Å². The summed E-state index contributed by atoms with van der Waals surface area (Å²) in [5, 5.41) is 23.4. The molecule has 0 fully saturated rings. The van der Waals surface area contributed by atoms with Gasteiger partial charge in [-0.2, -0.15) is 5.10 Å². The lowest BCUT2D eigenvalue weighted by Gasteiger charge is -2.24. The van der Waals surface area contributed by atoms with Gasteiger partial charge in [0.05, 0.1) is 31.1 Å². The maximum Gasteiger partial charge on any atom is 0.0862 e. The van der Waals surface area contributed by atoms with Crippen molar-refractivity contribution >= 4 is 5.69 Å². The van der Waals surface area contributed by atoms with Crippen LogP contribution in [-0.4, -0.2) is 50.7 Å². The molecule has 0 saturated heterocycles. The third kappa shape index (κ3) is 5.18. The SMILES string of the molecule is Nc1cnn(CC(O)CN(CCO)Cc2ccccc2)c1. The number of benzene rings is 1. The van der Waals surface area contributed by atoms with Crippen LogP contribution < -0.4 is 5.73 Å². The van der Waals surface area contributed by atoms with E-state index in [1.807, 2.05) is 35.2 Å². The molecule has 0 amide bonds. The van der Waals surface area contributed by atoms with Crippen molar-refractivity contribution in [2.75, 3.05) is 25.4 Å². The number of nitrogens with zero attached hydrogens (tertiary/aromatic N) is 3. The van der Waals surface area contributed by atoms with Crippen molar-refractivity contribution in [3.8, 4) is 0 Å². The largest absolute Gasteiger partial charge is 0.396 e. The second-order valence-electron chi connectivity index (χ2n) is 5.09. The molecule has 4 N–H and O–H groups in total. The Hall–Kier alpha value is -1.89. The van der Waals surface area contributed by atoms with E-state index in [2.05, 4.69) is 5.10 Å². The van der Waals surface area contributed by atoms with Crippen LogP contribution in [-0.2, 0) is 13.1 Å². The second kappa shape index (κ2) is 7.78. The molecule has 6 heteroatoms. The number of aliphatic hydroxyl groups is 2. The standard InChI is InChI=1S/C15H22N4O2/c16-14-8-17-19(10-14)12-15(21)11-18(6-7-20)9-13-4-2-1-3-5-13/h1-5,8,10,15,20-21H,6-7,9,11-12,16H2. The van der Waals surface area contributed by atoms with Crippen molar-refractivity contribution in [2.24, 2.45) is 0 Å². The molecule has 0 saturated carbocycles. The van der Waals surface area contributed by atoms with E-state index in [1.165, 1.54) is 0 Å². The van der Waals surface area contributed by atoms with Gasteiger partial charge in [-0.1, -0.05) is 30.3 Å². The fourth-order valence-electron chi connectivity index (χ4n) is 2.27. The van der Waals surface area contributed by atoms with Gasteiger partial charge >= 0.3 is 0 Å². The Bertz CT molecular complexity index is 529. The molecular formula is C15H22N4O2. The van der Waals surface area contributed by atoms with Gasteiger partial charge in [0.2, 0.25) is 0 Å². The lowest BCUT2D eigenvalue weighted by atomic mass is 10.2. The van der Waals surface area contributed by atoms with E-state index in [4.69, 9.17) is 10.8 Å². The Kier molecular flexibility index (Phi) is 5.74. The van der Waals surface area contributed by atoms with Crippen molar-refractivity contribution in [1.29, 1.82) is 0 Å². The average Bonchev–Trinajstić information content (AvgIpc) is 2.85. The molecule has 0 aliphatic heterocycles. The Morgan fingerprint density at radius 2 is 2.05 bits per heavy atom. The first-order valence-electron chi connectivity index (χ1n) is 7.00. The van der Waals surface area contributed by atoms with Crippen LogP contribution in [0.3, 0.4) is 0 Å². The van der Waals surface area contributed by atoms with Crippen LogP contribution in [0, 0.1) is 0 Å². The van der Waals surface area contributed by atoms with Gasteiger partial charge in [-0.3, -0.25) is 9.58 Å². The fourth-order valence-corrected chi connectivity index (χ4v) is 2.27. The van der Waals surface area contributed by atoms with Gasteiger partial charge in [-0.25, -0.2) is 0 Å². The summed E-state index contributed by atoms with van der Waals surface area (Å²) in [6.07, 6.45) is 2.68. The van der Waals surface area contributed by atoms with Gasteiger partial charge in [0.1, 0.15) is 0 Å². The maximum atomic E-state index is 10.2. The Morgan fingerprint density at radius 3 is 2.67 bits per heavy atom. The predicted octanol–water partition coefficient (Wildman–Crippen LogP) is 0.321. The minimum absolute atomic E-state index is 0.0638. The van der Waals surface area contributed by atoms with Crippen LogP contribution in [0.5, 0.6) is 0 Å². The van der Waals surface area contributed by atoms with Crippen LogP contribution in [0.1, 0.15) is 5.56 Å². The monoisotopic (exact) mass is 290 g/mol. The second-order valence-corrected chi connectivity index (χ2v) is 5.09. The van der Waals surface area contributed by atoms with Crippen molar-refractivity contribution in [1.82, 2.24) is 14.7 Å². The zero-order chi connectivity index (χ0) is 15.1. The quantitative estimate of drug-likeness (QED) is 0.652. The van der Waals surface area contributed by atoms with E-state index in [0.29, 0.717) is 31.9 Å². The van der Waals surface area contributed by atoms with E-state index in [1.54, 1.807) is 17.1 Å². The van der Waals surface area contributed by atoms with Crippen molar-refractivity contribution < 1.29 is 10.2 Å². The highest BCUT2D eigenvalue weighted by atomic mass is 16.3. The normalized spacial score (nSPS) is 12.7. The summed E-state index contributed by atoms with van der Waals surface area (Å²) in [5.74, 6) is 0. The summed E-state index contributed by atoms with van der Waals surface area (Å²) >= 11 is 0. The lowest BCUT2D eigenvalue weighted by molar-refractivity contribution is 0.0813. The van der Waals surface area contributed by atoms with Crippen LogP contribution in [0.25, 0.3) is 0 Å². The average molecular weight is 290 g/mol. The van der Waals surface area contributed by atoms with Gasteiger partial charge in [-0.05, 0) is 5.56 Å². The van der Waals surface area contributed by atoms with E-state index in [-0.39, 0.29) is 6.61 Å². The number of aromatic nitrogens is 2. The molecule has 114 valence electrons. The minimum atomic E-state index is -0.570. The number of hydrogen-bond acceptors (Lipinski definition) is 5. The predicted molar refractivity (Wildman–Crippen MR) is 81.5 cm³/mol. The molecular weight excluding hydrogens is 268 g/mol. The summed E-state index contributed by atoms with van der Waals surface area (Å²) in [6.45, 7) is 2.13. The van der Waals surface area contributed by atoms with Gasteiger partial charge in [0.15, 0.2) is 0 Å². The van der Waals surface area contributed by atoms with Crippen LogP contribution in [0.4, 0.5) is 5.69 Å². The molecule has 0 aliphatic carbocycles. The van der Waals surface area contributed by atoms with Crippen molar-refractivity contribution in [3.63, 3.8) is 0 Å². The lowest BCUT2D eigenvalue weighted by Crippen LogP contribution is -2.36. The topological polar surface area (TPSA) is 87.5 Å². The highest BCUT2D eigenvalue weighted by Gasteiger charge is 2.13. The van der Waals surface area contributed by atoms with E-state index >= 15 is 0 Å². The number of aliphatic hydroxyl groups excluding tert-OH is 2. The molecule has 2 aromatic rings. The number of nitrogens with two attached hydrogens (primary N) is 1. The van der Waals surface area contributed by atoms with Crippen LogP contribution >= 0.6 is 0 Å². The molecule has 0 radical (unpaired) electrons. The number of hydrogen-bond donors (Lipinski definition) is 3. The third-order valence-corrected chi connectivity index (χ3v) is 3.19. The molecule has 0 bridgehead atoms. The van der Waals surface area contributed by atoms with E-state index in [0.717, 1.165) is 5.56 Å². The van der Waals surface area contributed by atoms with Crippen molar-refractivity contribution in [3.05, 3.63) is 48.3 Å². The first-order valence-corrected chi connectivity index (χ1v) is 7.00. The molecule has 1 aromatic heterocycles. The highest BCUT2D eigenvalue weighted by Crippen LogP contribution is 2.06. The molecule has 21 heavy (non-hydrogen) atoms. The molecule has 1 unspecified atom stereocenters. The Morgan fingerprint density at radius 1 is 1.29 bits per heavy atom. The Balaban J connectivity index is 1.89. The van der Waals surface area contributed by atoms with Crippen molar-refractivity contribution in [2.45, 2.75) is 19.2 Å². The molecule has 1 aromatic carbocycles. The molecule has 1 heterocycles. The number of nitrogen functional groups attached to an aromatic ring is 1. The van der Waals surface area contributed by atoms with Gasteiger partial charge < -0.3 is 15.9 Å². The minimum Gasteiger partial charge on any atom is -0.396 e. The fraction of sp³-hybridized carbons (Fsp3) is 0.400. The summed E-state index contributed by atoms with van der Waals surface area (Å²) in [6, 6.07) is 10.00. The zero-order valence-corrected chi connectivity index (χ0v) is 12.0. The molecule has 0 spiro atoms. The first kappa shape index (κ1) is 15.5. The highest BCUT2D eigenvalue weighted by molar-refractivity contribution is 5.30. The van der Waals surface area contributed by atoms with Crippen LogP contribution in [0.15, 0.2) is 42.7 Å². The van der Waals surface area contributed by atoms with Crippen LogP contribution in [0.2, 0.25) is 0 Å². The van der Waals surface area contributed by atoms with Gasteiger partial charge in [0.25, 0.3) is 0 Å². The van der Waals surface area contributed by atoms with Gasteiger partial charge in [0, 0.05) is 25.8 Å². The van der Waals surface area contributed by atoms with E-state index in [9.17, 15) is 5.11 Å². The number of rotatable bonds is 8. The summed E-state index contributed by atoms with van der Waals surface area (Å²) in [4.78, 5) is 2.02. The maximum absolute atomic E-state index is 10.2. The molecule has 0 aliphatic rings. The summed E-state index contributed by atoms with van der Waals surface area (Å²) in [5.41, 5.74) is 7.33. The third-order valence-electron chi connectivity index (χ3n) is 3.19. The first-order chi connectivity index (χ1) is 10.2. The smallest absolute Gasteiger partial charge is 0.0862 e. The zero-order valence-electron chi connectivity index (χ0n) is 12.0.